The molecular formula is C13H12BrClO2S. The van der Waals surface area contributed by atoms with Gasteiger partial charge in [0.05, 0.1) is 9.89 Å². The second kappa shape index (κ2) is 6.57. The van der Waals surface area contributed by atoms with Crippen LogP contribution in [0.25, 0.3) is 0 Å². The molecule has 0 aliphatic heterocycles. The fourth-order valence-corrected chi connectivity index (χ4v) is 3.16. The molecule has 0 amide bonds. The maximum absolute atomic E-state index is 9.87. The monoisotopic (exact) mass is 346 g/mol. The van der Waals surface area contributed by atoms with Gasteiger partial charge in [-0.2, -0.15) is 0 Å². The van der Waals surface area contributed by atoms with Gasteiger partial charge in [0, 0.05) is 16.3 Å². The molecule has 2 aromatic rings. The fourth-order valence-electron chi connectivity index (χ4n) is 1.48. The first-order valence-corrected chi connectivity index (χ1v) is 7.43. The molecule has 0 aliphatic rings. The highest BCUT2D eigenvalue weighted by Crippen LogP contribution is 2.23. The van der Waals surface area contributed by atoms with E-state index in [9.17, 15) is 5.11 Å². The molecule has 0 aliphatic carbocycles. The molecular weight excluding hydrogens is 336 g/mol. The first kappa shape index (κ1) is 13.9. The number of halogens is 2. The number of hydrogen-bond donors (Lipinski definition) is 1. The van der Waals surface area contributed by atoms with Crippen LogP contribution in [0.4, 0.5) is 0 Å². The van der Waals surface area contributed by atoms with Crippen molar-refractivity contribution in [3.63, 3.8) is 0 Å². The van der Waals surface area contributed by atoms with E-state index in [2.05, 4.69) is 15.9 Å². The molecule has 96 valence electrons. The van der Waals surface area contributed by atoms with Gasteiger partial charge in [0.25, 0.3) is 0 Å². The van der Waals surface area contributed by atoms with E-state index in [1.54, 1.807) is 35.6 Å². The second-order valence-corrected chi connectivity index (χ2v) is 6.81. The summed E-state index contributed by atoms with van der Waals surface area (Å²) in [4.78, 5) is 1.13. The molecule has 1 atom stereocenters. The smallest absolute Gasteiger partial charge is 0.119 e. The molecule has 1 N–H and O–H groups in total. The second-order valence-electron chi connectivity index (χ2n) is 3.83. The molecule has 1 heterocycles. The van der Waals surface area contributed by atoms with Gasteiger partial charge in [-0.25, -0.2) is 0 Å². The molecule has 1 aromatic heterocycles. The Labute approximate surface area is 123 Å². The van der Waals surface area contributed by atoms with Crippen LogP contribution in [0.3, 0.4) is 0 Å². The Hall–Kier alpha value is -0.550. The molecule has 1 unspecified atom stereocenters. The number of thiophene rings is 1. The van der Waals surface area contributed by atoms with Gasteiger partial charge in [-0.1, -0.05) is 11.6 Å². The highest BCUT2D eigenvalue weighted by molar-refractivity contribution is 9.11. The molecule has 0 saturated heterocycles. The van der Waals surface area contributed by atoms with Crippen LogP contribution in [0.2, 0.25) is 5.02 Å². The van der Waals surface area contributed by atoms with E-state index in [1.165, 1.54) is 0 Å². The summed E-state index contributed by atoms with van der Waals surface area (Å²) in [7, 11) is 0. The summed E-state index contributed by atoms with van der Waals surface area (Å²) < 4.78 is 6.56. The Bertz CT molecular complexity index is 498. The minimum Gasteiger partial charge on any atom is -0.491 e. The van der Waals surface area contributed by atoms with Gasteiger partial charge < -0.3 is 9.84 Å². The zero-order valence-corrected chi connectivity index (χ0v) is 12.6. The van der Waals surface area contributed by atoms with Crippen molar-refractivity contribution in [1.29, 1.82) is 0 Å². The van der Waals surface area contributed by atoms with Crippen LogP contribution < -0.4 is 4.74 Å². The Morgan fingerprint density at radius 1 is 1.22 bits per heavy atom. The summed E-state index contributed by atoms with van der Waals surface area (Å²) in [6, 6.07) is 11.1. The van der Waals surface area contributed by atoms with Gasteiger partial charge in [-0.15, -0.1) is 11.3 Å². The number of ether oxygens (including phenoxy) is 1. The van der Waals surface area contributed by atoms with Crippen molar-refractivity contribution in [3.05, 3.63) is 50.1 Å². The third-order valence-electron chi connectivity index (χ3n) is 2.32. The summed E-state index contributed by atoms with van der Waals surface area (Å²) >= 11 is 10.8. The molecule has 0 bridgehead atoms. The number of hydrogen-bond acceptors (Lipinski definition) is 3. The molecule has 0 radical (unpaired) electrons. The van der Waals surface area contributed by atoms with Gasteiger partial charge in [0.15, 0.2) is 0 Å². The van der Waals surface area contributed by atoms with Crippen molar-refractivity contribution >= 4 is 38.9 Å². The summed E-state index contributed by atoms with van der Waals surface area (Å²) in [6.45, 7) is 0.275. The summed E-state index contributed by atoms with van der Waals surface area (Å²) in [5.41, 5.74) is 0. The van der Waals surface area contributed by atoms with Gasteiger partial charge >= 0.3 is 0 Å². The summed E-state index contributed by atoms with van der Waals surface area (Å²) in [5.74, 6) is 0.714. The summed E-state index contributed by atoms with van der Waals surface area (Å²) in [5, 5.41) is 10.5. The molecule has 5 heteroatoms. The molecule has 18 heavy (non-hydrogen) atoms. The van der Waals surface area contributed by atoms with Crippen LogP contribution in [0, 0.1) is 0 Å². The zero-order valence-electron chi connectivity index (χ0n) is 9.48. The minimum atomic E-state index is -0.508. The number of rotatable bonds is 5. The van der Waals surface area contributed by atoms with Gasteiger partial charge in [-0.05, 0) is 52.3 Å². The van der Waals surface area contributed by atoms with Crippen molar-refractivity contribution in [1.82, 2.24) is 0 Å². The summed E-state index contributed by atoms with van der Waals surface area (Å²) in [6.07, 6.45) is 0.0929. The molecule has 0 fully saturated rings. The SMILES string of the molecule is OC(COc1ccc(Cl)cc1)Cc1ccc(Br)s1. The van der Waals surface area contributed by atoms with E-state index in [4.69, 9.17) is 16.3 Å². The van der Waals surface area contributed by atoms with Crippen LogP contribution >= 0.6 is 38.9 Å². The Morgan fingerprint density at radius 2 is 1.94 bits per heavy atom. The Balaban J connectivity index is 1.81. The lowest BCUT2D eigenvalue weighted by molar-refractivity contribution is 0.108. The highest BCUT2D eigenvalue weighted by atomic mass is 79.9. The molecule has 0 spiro atoms. The van der Waals surface area contributed by atoms with Crippen LogP contribution in [0.5, 0.6) is 5.75 Å². The van der Waals surface area contributed by atoms with Crippen LogP contribution in [-0.4, -0.2) is 17.8 Å². The van der Waals surface area contributed by atoms with Crippen molar-refractivity contribution in [2.45, 2.75) is 12.5 Å². The van der Waals surface area contributed by atoms with Crippen molar-refractivity contribution in [2.75, 3.05) is 6.61 Å². The van der Waals surface area contributed by atoms with Gasteiger partial charge in [0.2, 0.25) is 0 Å². The predicted octanol–water partition coefficient (Wildman–Crippen LogP) is 4.15. The van der Waals surface area contributed by atoms with Crippen molar-refractivity contribution in [3.8, 4) is 5.75 Å². The normalized spacial score (nSPS) is 12.4. The third-order valence-corrected chi connectivity index (χ3v) is 4.22. The first-order chi connectivity index (χ1) is 8.63. The standard InChI is InChI=1S/C13H12BrClO2S/c14-13-6-5-12(18-13)7-10(16)8-17-11-3-1-9(15)2-4-11/h1-6,10,16H,7-8H2. The average Bonchev–Trinajstić information content (AvgIpc) is 2.74. The lowest BCUT2D eigenvalue weighted by Gasteiger charge is -2.11. The predicted molar refractivity (Wildman–Crippen MR) is 78.7 cm³/mol. The van der Waals surface area contributed by atoms with Crippen molar-refractivity contribution < 1.29 is 9.84 Å². The number of aliphatic hydroxyl groups is 1. The number of aliphatic hydroxyl groups excluding tert-OH is 1. The maximum atomic E-state index is 9.87. The lowest BCUT2D eigenvalue weighted by atomic mass is 10.2. The van der Waals surface area contributed by atoms with E-state index in [-0.39, 0.29) is 6.61 Å². The van der Waals surface area contributed by atoms with Crippen LogP contribution in [-0.2, 0) is 6.42 Å². The quantitative estimate of drug-likeness (QED) is 0.880. The zero-order chi connectivity index (χ0) is 13.0. The topological polar surface area (TPSA) is 29.5 Å². The van der Waals surface area contributed by atoms with Crippen molar-refractivity contribution in [2.24, 2.45) is 0 Å². The first-order valence-electron chi connectivity index (χ1n) is 5.44. The van der Waals surface area contributed by atoms with E-state index >= 15 is 0 Å². The highest BCUT2D eigenvalue weighted by Gasteiger charge is 2.08. The van der Waals surface area contributed by atoms with Gasteiger partial charge in [-0.3, -0.25) is 0 Å². The molecule has 0 saturated carbocycles. The number of benzene rings is 1. The lowest BCUT2D eigenvalue weighted by Crippen LogP contribution is -2.19. The van der Waals surface area contributed by atoms with E-state index in [1.807, 2.05) is 12.1 Å². The van der Waals surface area contributed by atoms with E-state index in [0.717, 1.165) is 8.66 Å². The minimum absolute atomic E-state index is 0.275. The maximum Gasteiger partial charge on any atom is 0.119 e. The van der Waals surface area contributed by atoms with E-state index in [0.29, 0.717) is 17.2 Å². The fraction of sp³-hybridized carbons (Fsp3) is 0.231. The third kappa shape index (κ3) is 4.28. The van der Waals surface area contributed by atoms with Crippen LogP contribution in [0.1, 0.15) is 4.88 Å². The van der Waals surface area contributed by atoms with Crippen LogP contribution in [0.15, 0.2) is 40.2 Å². The van der Waals surface area contributed by atoms with Gasteiger partial charge in [0.1, 0.15) is 12.4 Å². The molecule has 1 aromatic carbocycles. The average molecular weight is 348 g/mol. The molecule has 2 rings (SSSR count). The Kier molecular flexibility index (Phi) is 5.06. The Morgan fingerprint density at radius 3 is 2.56 bits per heavy atom. The van der Waals surface area contributed by atoms with E-state index < -0.39 is 6.10 Å². The molecule has 2 nitrogen and oxygen atoms in total. The largest absolute Gasteiger partial charge is 0.491 e.